The number of carbonyl (C=O) groups is 2. The highest BCUT2D eigenvalue weighted by atomic mass is 16.2. The van der Waals surface area contributed by atoms with Crippen LogP contribution in [0.3, 0.4) is 0 Å². The van der Waals surface area contributed by atoms with Crippen molar-refractivity contribution in [1.29, 1.82) is 0 Å². The maximum Gasteiger partial charge on any atom is 0.255 e. The van der Waals surface area contributed by atoms with Crippen LogP contribution < -0.4 is 16.0 Å². The summed E-state index contributed by atoms with van der Waals surface area (Å²) in [4.78, 5) is 30.2. The van der Waals surface area contributed by atoms with Crippen molar-refractivity contribution in [2.45, 2.75) is 51.2 Å². The zero-order valence-electron chi connectivity index (χ0n) is 17.4. The van der Waals surface area contributed by atoms with E-state index in [2.05, 4.69) is 27.9 Å². The van der Waals surface area contributed by atoms with E-state index in [0.29, 0.717) is 5.56 Å². The maximum absolute atomic E-state index is 13.3. The number of amides is 2. The molecule has 6 rings (SSSR count). The Bertz CT molecular complexity index is 994. The monoisotopic (exact) mass is 404 g/mol. The predicted octanol–water partition coefficient (Wildman–Crippen LogP) is 3.64. The number of benzene rings is 1. The molecule has 3 saturated carbocycles. The minimum atomic E-state index is -0.466. The number of hydrogen-bond donors (Lipinski definition) is 3. The summed E-state index contributed by atoms with van der Waals surface area (Å²) < 4.78 is 0. The number of pyridine rings is 1. The van der Waals surface area contributed by atoms with Crippen LogP contribution in [0, 0.1) is 17.3 Å². The van der Waals surface area contributed by atoms with E-state index in [1.807, 2.05) is 43.3 Å². The minimum Gasteiger partial charge on any atom is -0.362 e. The van der Waals surface area contributed by atoms with Gasteiger partial charge >= 0.3 is 0 Å². The van der Waals surface area contributed by atoms with Gasteiger partial charge in [-0.3, -0.25) is 14.6 Å². The molecule has 6 heteroatoms. The number of anilines is 1. The molecule has 1 aliphatic heterocycles. The molecule has 0 radical (unpaired) electrons. The van der Waals surface area contributed by atoms with E-state index in [1.54, 1.807) is 12.4 Å². The molecule has 2 heterocycles. The van der Waals surface area contributed by atoms with E-state index in [9.17, 15) is 9.59 Å². The Labute approximate surface area is 176 Å². The van der Waals surface area contributed by atoms with Crippen molar-refractivity contribution in [3.05, 3.63) is 59.9 Å². The highest BCUT2D eigenvalue weighted by Gasteiger charge is 2.60. The molecular weight excluding hydrogens is 376 g/mol. The zero-order valence-corrected chi connectivity index (χ0v) is 17.4. The summed E-state index contributed by atoms with van der Waals surface area (Å²) in [7, 11) is 0. The van der Waals surface area contributed by atoms with Gasteiger partial charge in [-0.15, -0.1) is 0 Å². The van der Waals surface area contributed by atoms with Crippen molar-refractivity contribution in [2.24, 2.45) is 17.3 Å². The summed E-state index contributed by atoms with van der Waals surface area (Å²) in [6.07, 6.45) is 7.05. The summed E-state index contributed by atoms with van der Waals surface area (Å²) >= 11 is 0. The van der Waals surface area contributed by atoms with Gasteiger partial charge in [-0.25, -0.2) is 0 Å². The van der Waals surface area contributed by atoms with Gasteiger partial charge in [-0.1, -0.05) is 19.1 Å². The average molecular weight is 405 g/mol. The van der Waals surface area contributed by atoms with Crippen molar-refractivity contribution >= 4 is 17.5 Å². The number of fused-ring (bicyclic) bond motifs is 3. The fraction of sp³-hybridized carbons (Fsp3) is 0.458. The number of nitrogens with zero attached hydrogens (tertiary/aromatic N) is 1. The topological polar surface area (TPSA) is 83.1 Å². The second-order valence-corrected chi connectivity index (χ2v) is 9.46. The van der Waals surface area contributed by atoms with E-state index in [4.69, 9.17) is 0 Å². The van der Waals surface area contributed by atoms with Gasteiger partial charge in [-0.05, 0) is 67.9 Å². The van der Waals surface area contributed by atoms with E-state index < -0.39 is 5.66 Å². The molecule has 2 aromatic rings. The Morgan fingerprint density at radius 3 is 2.73 bits per heavy atom. The largest absolute Gasteiger partial charge is 0.362 e. The molecule has 156 valence electrons. The van der Waals surface area contributed by atoms with Gasteiger partial charge in [0.2, 0.25) is 5.91 Å². The third-order valence-electron chi connectivity index (χ3n) is 7.55. The Hall–Kier alpha value is -2.89. The lowest BCUT2D eigenvalue weighted by Gasteiger charge is -2.60. The molecular formula is C24H28N4O2. The Balaban J connectivity index is 1.37. The van der Waals surface area contributed by atoms with E-state index in [1.165, 1.54) is 0 Å². The Morgan fingerprint density at radius 1 is 1.20 bits per heavy atom. The highest BCUT2D eigenvalue weighted by molar-refractivity contribution is 6.02. The van der Waals surface area contributed by atoms with E-state index in [0.717, 1.165) is 36.9 Å². The number of hydrogen-bond acceptors (Lipinski definition) is 4. The molecule has 1 aromatic heterocycles. The molecule has 6 nitrogen and oxygen atoms in total. The van der Waals surface area contributed by atoms with Crippen LogP contribution in [0.5, 0.6) is 0 Å². The summed E-state index contributed by atoms with van der Waals surface area (Å²) in [6.45, 7) is 4.22. The van der Waals surface area contributed by atoms with Gasteiger partial charge in [0.25, 0.3) is 5.91 Å². The lowest BCUT2D eigenvalue weighted by atomic mass is 9.51. The number of rotatable bonds is 3. The van der Waals surface area contributed by atoms with Crippen LogP contribution in [0.15, 0.2) is 48.8 Å². The van der Waals surface area contributed by atoms with Crippen LogP contribution in [0.25, 0.3) is 0 Å². The first kappa shape index (κ1) is 19.1. The first-order valence-corrected chi connectivity index (χ1v) is 10.8. The molecule has 2 bridgehead atoms. The molecule has 5 unspecified atom stereocenters. The minimum absolute atomic E-state index is 0.0205. The Morgan fingerprint density at radius 2 is 1.97 bits per heavy atom. The fourth-order valence-corrected chi connectivity index (χ4v) is 5.90. The average Bonchev–Trinajstić information content (AvgIpc) is 2.74. The number of aromatic nitrogens is 1. The van der Waals surface area contributed by atoms with Gasteiger partial charge in [0.15, 0.2) is 0 Å². The normalized spacial score (nSPS) is 32.7. The quantitative estimate of drug-likeness (QED) is 0.729. The summed E-state index contributed by atoms with van der Waals surface area (Å²) in [5.41, 5.74) is 2.01. The maximum atomic E-state index is 13.3. The third kappa shape index (κ3) is 2.97. The van der Waals surface area contributed by atoms with Crippen molar-refractivity contribution in [3.63, 3.8) is 0 Å². The molecule has 1 spiro atoms. The second kappa shape index (κ2) is 6.83. The van der Waals surface area contributed by atoms with Crippen molar-refractivity contribution in [3.8, 4) is 0 Å². The smallest absolute Gasteiger partial charge is 0.255 e. The predicted molar refractivity (Wildman–Crippen MR) is 115 cm³/mol. The van der Waals surface area contributed by atoms with Crippen molar-refractivity contribution in [1.82, 2.24) is 15.6 Å². The Kier molecular flexibility index (Phi) is 4.34. The molecule has 3 fully saturated rings. The molecule has 30 heavy (non-hydrogen) atoms. The first-order chi connectivity index (χ1) is 14.4. The van der Waals surface area contributed by atoms with Gasteiger partial charge in [0.1, 0.15) is 5.66 Å². The summed E-state index contributed by atoms with van der Waals surface area (Å²) in [5, 5.41) is 10.2. The molecule has 2 amide bonds. The van der Waals surface area contributed by atoms with Gasteiger partial charge < -0.3 is 16.0 Å². The second-order valence-electron chi connectivity index (χ2n) is 9.46. The highest BCUT2D eigenvalue weighted by Crippen LogP contribution is 2.58. The molecule has 5 atom stereocenters. The SMILES string of the molecule is CC(NC(=O)C1CC2CCC1(C)CC21NC(=O)c2ccccc2N1)c1ccncc1. The number of carbonyl (C=O) groups excluding carboxylic acids is 2. The van der Waals surface area contributed by atoms with Crippen LogP contribution >= 0.6 is 0 Å². The third-order valence-corrected chi connectivity index (χ3v) is 7.55. The lowest BCUT2D eigenvalue weighted by Crippen LogP contribution is -2.70. The van der Waals surface area contributed by atoms with Gasteiger partial charge in [-0.2, -0.15) is 0 Å². The van der Waals surface area contributed by atoms with Crippen LogP contribution in [0.2, 0.25) is 0 Å². The summed E-state index contributed by atoms with van der Waals surface area (Å²) in [6, 6.07) is 11.5. The van der Waals surface area contributed by atoms with Crippen LogP contribution in [0.1, 0.15) is 61.5 Å². The molecule has 0 saturated heterocycles. The number of para-hydroxylation sites is 1. The van der Waals surface area contributed by atoms with E-state index >= 15 is 0 Å². The molecule has 3 aliphatic carbocycles. The molecule has 4 aliphatic rings. The summed E-state index contributed by atoms with van der Waals surface area (Å²) in [5.74, 6) is 0.266. The van der Waals surface area contributed by atoms with Crippen molar-refractivity contribution in [2.75, 3.05) is 5.32 Å². The van der Waals surface area contributed by atoms with Gasteiger partial charge in [0.05, 0.1) is 11.6 Å². The first-order valence-electron chi connectivity index (χ1n) is 10.8. The lowest BCUT2D eigenvalue weighted by molar-refractivity contribution is -0.140. The van der Waals surface area contributed by atoms with Crippen molar-refractivity contribution < 1.29 is 9.59 Å². The van der Waals surface area contributed by atoms with Crippen LogP contribution in [0.4, 0.5) is 5.69 Å². The van der Waals surface area contributed by atoms with E-state index in [-0.39, 0.29) is 35.1 Å². The zero-order chi connectivity index (χ0) is 20.9. The molecule has 3 N–H and O–H groups in total. The van der Waals surface area contributed by atoms with Crippen LogP contribution in [-0.2, 0) is 4.79 Å². The number of nitrogens with one attached hydrogen (secondary N) is 3. The van der Waals surface area contributed by atoms with Gasteiger partial charge in [0, 0.05) is 29.9 Å². The standard InChI is InChI=1S/C24H28N4O2/c1-15(16-8-11-25-12-9-16)26-22(30)19-13-17-7-10-23(19,2)14-24(17)27-20-6-4-3-5-18(20)21(29)28-24/h3-6,8-9,11-12,15,17,19,27H,7,10,13-14H2,1-2H3,(H,26,30)(H,28,29). The molecule has 1 aromatic carbocycles. The van der Waals surface area contributed by atoms with Crippen LogP contribution in [-0.4, -0.2) is 22.5 Å². The fourth-order valence-electron chi connectivity index (χ4n) is 5.90.